The van der Waals surface area contributed by atoms with Crippen LogP contribution in [-0.4, -0.2) is 20.4 Å². The SMILES string of the molecule is CCn1c(=O)[nH]c(=O)c2cc(C(=O)NC3CCc4ccccc43)cnc21. The van der Waals surface area contributed by atoms with Crippen LogP contribution in [0.25, 0.3) is 11.0 Å². The zero-order valence-electron chi connectivity index (χ0n) is 14.3. The average molecular weight is 350 g/mol. The molecule has 0 saturated carbocycles. The minimum Gasteiger partial charge on any atom is -0.345 e. The molecular formula is C19H18N4O3. The molecule has 0 spiro atoms. The minimum absolute atomic E-state index is 0.0442. The number of carbonyl (C=O) groups is 1. The van der Waals surface area contributed by atoms with Gasteiger partial charge in [-0.05, 0) is 37.0 Å². The summed E-state index contributed by atoms with van der Waals surface area (Å²) in [5, 5.41) is 3.24. The van der Waals surface area contributed by atoms with Crippen molar-refractivity contribution >= 4 is 16.9 Å². The van der Waals surface area contributed by atoms with E-state index in [9.17, 15) is 14.4 Å². The van der Waals surface area contributed by atoms with Gasteiger partial charge in [0.25, 0.3) is 11.5 Å². The molecule has 1 atom stereocenters. The Hall–Kier alpha value is -3.22. The summed E-state index contributed by atoms with van der Waals surface area (Å²) in [6.45, 7) is 2.17. The van der Waals surface area contributed by atoms with Crippen molar-refractivity contribution in [3.05, 3.63) is 74.1 Å². The fraction of sp³-hybridized carbons (Fsp3) is 0.263. The number of hydrogen-bond donors (Lipinski definition) is 2. The predicted octanol–water partition coefficient (Wildman–Crippen LogP) is 1.52. The van der Waals surface area contributed by atoms with Crippen molar-refractivity contribution in [3.8, 4) is 0 Å². The van der Waals surface area contributed by atoms with Crippen LogP contribution in [0.3, 0.4) is 0 Å². The highest BCUT2D eigenvalue weighted by Gasteiger charge is 2.24. The molecule has 1 aliphatic rings. The third-order valence-electron chi connectivity index (χ3n) is 4.85. The molecule has 1 amide bonds. The lowest BCUT2D eigenvalue weighted by Crippen LogP contribution is -2.31. The smallest absolute Gasteiger partial charge is 0.329 e. The highest BCUT2D eigenvalue weighted by Crippen LogP contribution is 2.30. The van der Waals surface area contributed by atoms with Crippen molar-refractivity contribution in [1.29, 1.82) is 0 Å². The fourth-order valence-electron chi connectivity index (χ4n) is 3.53. The number of aromatic nitrogens is 3. The summed E-state index contributed by atoms with van der Waals surface area (Å²) in [5.74, 6) is -0.283. The van der Waals surface area contributed by atoms with Crippen LogP contribution in [0.5, 0.6) is 0 Å². The number of carbonyl (C=O) groups excluding carboxylic acids is 1. The Morgan fingerprint density at radius 2 is 2.15 bits per heavy atom. The summed E-state index contributed by atoms with van der Waals surface area (Å²) in [5.41, 5.74) is 1.92. The average Bonchev–Trinajstić information content (AvgIpc) is 3.05. The summed E-state index contributed by atoms with van der Waals surface area (Å²) in [6, 6.07) is 9.50. The molecule has 3 aromatic rings. The van der Waals surface area contributed by atoms with Gasteiger partial charge in [0.2, 0.25) is 0 Å². The summed E-state index contributed by atoms with van der Waals surface area (Å²) in [7, 11) is 0. The van der Waals surface area contributed by atoms with Gasteiger partial charge in [-0.2, -0.15) is 0 Å². The number of H-pyrrole nitrogens is 1. The first-order valence-electron chi connectivity index (χ1n) is 8.60. The van der Waals surface area contributed by atoms with Crippen LogP contribution < -0.4 is 16.6 Å². The van der Waals surface area contributed by atoms with E-state index in [0.717, 1.165) is 18.4 Å². The second-order valence-corrected chi connectivity index (χ2v) is 6.36. The van der Waals surface area contributed by atoms with E-state index in [0.29, 0.717) is 12.1 Å². The van der Waals surface area contributed by atoms with Gasteiger partial charge in [0.1, 0.15) is 5.65 Å². The van der Waals surface area contributed by atoms with Crippen LogP contribution in [0.1, 0.15) is 40.9 Å². The van der Waals surface area contributed by atoms with Crippen molar-refractivity contribution in [3.63, 3.8) is 0 Å². The van der Waals surface area contributed by atoms with Gasteiger partial charge in [-0.15, -0.1) is 0 Å². The first-order chi connectivity index (χ1) is 12.6. The Kier molecular flexibility index (Phi) is 3.91. The molecule has 26 heavy (non-hydrogen) atoms. The largest absolute Gasteiger partial charge is 0.345 e. The molecule has 1 aromatic carbocycles. The van der Waals surface area contributed by atoms with Crippen LogP contribution in [0.15, 0.2) is 46.1 Å². The predicted molar refractivity (Wildman–Crippen MR) is 97.3 cm³/mol. The second-order valence-electron chi connectivity index (χ2n) is 6.36. The number of nitrogens with one attached hydrogen (secondary N) is 2. The van der Waals surface area contributed by atoms with E-state index in [2.05, 4.69) is 21.4 Å². The van der Waals surface area contributed by atoms with E-state index < -0.39 is 11.2 Å². The van der Waals surface area contributed by atoms with Gasteiger partial charge >= 0.3 is 5.69 Å². The molecule has 7 nitrogen and oxygen atoms in total. The van der Waals surface area contributed by atoms with E-state index >= 15 is 0 Å². The Morgan fingerprint density at radius 1 is 1.35 bits per heavy atom. The van der Waals surface area contributed by atoms with E-state index in [1.54, 1.807) is 6.92 Å². The number of benzene rings is 1. The van der Waals surface area contributed by atoms with Gasteiger partial charge < -0.3 is 5.32 Å². The summed E-state index contributed by atoms with van der Waals surface area (Å²) >= 11 is 0. The normalized spacial score (nSPS) is 15.8. The van der Waals surface area contributed by atoms with Gasteiger partial charge in [0.05, 0.1) is 17.0 Å². The molecule has 2 heterocycles. The summed E-state index contributed by atoms with van der Waals surface area (Å²) in [4.78, 5) is 43.1. The van der Waals surface area contributed by atoms with Crippen molar-refractivity contribution in [2.45, 2.75) is 32.4 Å². The molecule has 1 aliphatic carbocycles. The van der Waals surface area contributed by atoms with E-state index in [1.807, 2.05) is 18.2 Å². The Balaban J connectivity index is 1.68. The highest BCUT2D eigenvalue weighted by atomic mass is 16.2. The van der Waals surface area contributed by atoms with Gasteiger partial charge in [0, 0.05) is 12.7 Å². The fourth-order valence-corrected chi connectivity index (χ4v) is 3.53. The van der Waals surface area contributed by atoms with Crippen LogP contribution in [-0.2, 0) is 13.0 Å². The quantitative estimate of drug-likeness (QED) is 0.748. The molecule has 1 unspecified atom stereocenters. The first-order valence-corrected chi connectivity index (χ1v) is 8.60. The van der Waals surface area contributed by atoms with Gasteiger partial charge in [-0.25, -0.2) is 9.78 Å². The molecule has 2 aromatic heterocycles. The van der Waals surface area contributed by atoms with E-state index in [1.165, 1.54) is 22.4 Å². The maximum atomic E-state index is 12.7. The Bertz CT molecular complexity index is 1130. The van der Waals surface area contributed by atoms with Crippen LogP contribution in [0, 0.1) is 0 Å². The molecule has 2 N–H and O–H groups in total. The molecule has 132 valence electrons. The molecule has 7 heteroatoms. The van der Waals surface area contributed by atoms with Crippen molar-refractivity contribution < 1.29 is 4.79 Å². The molecule has 0 aliphatic heterocycles. The van der Waals surface area contributed by atoms with Crippen molar-refractivity contribution in [2.24, 2.45) is 0 Å². The lowest BCUT2D eigenvalue weighted by Gasteiger charge is -2.14. The molecule has 0 radical (unpaired) electrons. The number of rotatable bonds is 3. The first kappa shape index (κ1) is 16.3. The molecular weight excluding hydrogens is 332 g/mol. The number of aromatic amines is 1. The number of aryl methyl sites for hydroxylation is 2. The monoisotopic (exact) mass is 350 g/mol. The molecule has 4 rings (SSSR count). The summed E-state index contributed by atoms with van der Waals surface area (Å²) < 4.78 is 1.37. The number of hydrogen-bond acceptors (Lipinski definition) is 4. The van der Waals surface area contributed by atoms with Crippen molar-refractivity contribution in [1.82, 2.24) is 19.9 Å². The lowest BCUT2D eigenvalue weighted by atomic mass is 10.1. The minimum atomic E-state index is -0.539. The number of pyridine rings is 1. The molecule has 0 saturated heterocycles. The zero-order valence-corrected chi connectivity index (χ0v) is 14.3. The maximum absolute atomic E-state index is 12.7. The van der Waals surface area contributed by atoms with Crippen LogP contribution >= 0.6 is 0 Å². The number of amides is 1. The summed E-state index contributed by atoms with van der Waals surface area (Å²) in [6.07, 6.45) is 3.19. The third-order valence-corrected chi connectivity index (χ3v) is 4.85. The maximum Gasteiger partial charge on any atom is 0.329 e. The van der Waals surface area contributed by atoms with Gasteiger partial charge in [0.15, 0.2) is 0 Å². The Morgan fingerprint density at radius 3 is 2.96 bits per heavy atom. The Labute approximate surface area is 148 Å². The topological polar surface area (TPSA) is 96.9 Å². The number of fused-ring (bicyclic) bond motifs is 2. The highest BCUT2D eigenvalue weighted by molar-refractivity contribution is 5.97. The lowest BCUT2D eigenvalue weighted by molar-refractivity contribution is 0.0936. The second kappa shape index (κ2) is 6.25. The van der Waals surface area contributed by atoms with E-state index in [4.69, 9.17) is 0 Å². The van der Waals surface area contributed by atoms with Gasteiger partial charge in [-0.3, -0.25) is 19.1 Å². The third kappa shape index (κ3) is 2.61. The van der Waals surface area contributed by atoms with Crippen LogP contribution in [0.2, 0.25) is 0 Å². The standard InChI is InChI=1S/C19H18N4O3/c1-2-23-16-14(18(25)22-19(23)26)9-12(10-20-16)17(24)21-15-8-7-11-5-3-4-6-13(11)15/h3-6,9-10,15H,2,7-8H2,1H3,(H,21,24)(H,22,25,26). The van der Waals surface area contributed by atoms with Gasteiger partial charge in [-0.1, -0.05) is 24.3 Å². The van der Waals surface area contributed by atoms with Crippen molar-refractivity contribution in [2.75, 3.05) is 0 Å². The van der Waals surface area contributed by atoms with E-state index in [-0.39, 0.29) is 23.0 Å². The number of nitrogens with zero attached hydrogens (tertiary/aromatic N) is 2. The molecule has 0 fully saturated rings. The zero-order chi connectivity index (χ0) is 18.3. The molecule has 0 bridgehead atoms. The van der Waals surface area contributed by atoms with Crippen LogP contribution in [0.4, 0.5) is 0 Å².